The lowest BCUT2D eigenvalue weighted by molar-refractivity contribution is 0.224. The Balaban J connectivity index is 2.40. The number of allylic oxidation sites excluding steroid dienone is 3. The molecule has 1 nitrogen and oxygen atoms in total. The molecule has 1 aliphatic rings. The second-order valence-corrected chi connectivity index (χ2v) is 4.00. The van der Waals surface area contributed by atoms with Gasteiger partial charge < -0.3 is 4.74 Å². The fourth-order valence-corrected chi connectivity index (χ4v) is 1.16. The van der Waals surface area contributed by atoms with Gasteiger partial charge in [-0.3, -0.25) is 0 Å². The number of alkyl halides is 1. The summed E-state index contributed by atoms with van der Waals surface area (Å²) in [6, 6.07) is 0. The summed E-state index contributed by atoms with van der Waals surface area (Å²) in [4.78, 5) is 0. The van der Waals surface area contributed by atoms with E-state index in [2.05, 4.69) is 34.7 Å². The molecule has 10 heavy (non-hydrogen) atoms. The lowest BCUT2D eigenvalue weighted by Gasteiger charge is -2.10. The van der Waals surface area contributed by atoms with Crippen LogP contribution in [0.4, 0.5) is 0 Å². The zero-order chi connectivity index (χ0) is 7.40. The van der Waals surface area contributed by atoms with Gasteiger partial charge in [-0.05, 0) is 54.5 Å². The summed E-state index contributed by atoms with van der Waals surface area (Å²) in [6.45, 7) is 2.03. The fourth-order valence-electron chi connectivity index (χ4n) is 0.864. The molecule has 0 saturated heterocycles. The monoisotopic (exact) mass is 250 g/mol. The van der Waals surface area contributed by atoms with Crippen LogP contribution in [0.2, 0.25) is 0 Å². The highest BCUT2D eigenvalue weighted by Gasteiger charge is 2.00. The minimum absolute atomic E-state index is 0.270. The van der Waals surface area contributed by atoms with Crippen molar-refractivity contribution in [2.75, 3.05) is 0 Å². The normalized spacial score (nSPS) is 20.0. The van der Waals surface area contributed by atoms with Gasteiger partial charge in [0.2, 0.25) is 0 Å². The fraction of sp³-hybridized carbons (Fsp3) is 0.500. The molecule has 0 amide bonds. The maximum absolute atomic E-state index is 5.45. The third-order valence-electron chi connectivity index (χ3n) is 1.26. The molecule has 56 valence electrons. The molecule has 0 fully saturated rings. The number of halogens is 1. The summed E-state index contributed by atoms with van der Waals surface area (Å²) in [7, 11) is 0. The van der Waals surface area contributed by atoms with Crippen molar-refractivity contribution in [1.82, 2.24) is 0 Å². The highest BCUT2D eigenvalue weighted by molar-refractivity contribution is 14.1. The Morgan fingerprint density at radius 2 is 2.40 bits per heavy atom. The quantitative estimate of drug-likeness (QED) is 0.540. The molecule has 0 bridgehead atoms. The van der Waals surface area contributed by atoms with Crippen molar-refractivity contribution in [3.8, 4) is 0 Å². The first-order valence-corrected chi connectivity index (χ1v) is 4.71. The smallest absolute Gasteiger partial charge is 0.146 e. The Kier molecular flexibility index (Phi) is 3.25. The summed E-state index contributed by atoms with van der Waals surface area (Å²) in [5.74, 6) is 1.02. The minimum Gasteiger partial charge on any atom is -0.481 e. The molecule has 1 rings (SSSR count). The van der Waals surface area contributed by atoms with Crippen LogP contribution in [0, 0.1) is 0 Å². The van der Waals surface area contributed by atoms with Crippen molar-refractivity contribution in [3.05, 3.63) is 24.0 Å². The number of hydrogen-bond acceptors (Lipinski definition) is 1. The largest absolute Gasteiger partial charge is 0.481 e. The molecule has 0 saturated carbocycles. The third kappa shape index (κ3) is 2.73. The van der Waals surface area contributed by atoms with Crippen molar-refractivity contribution >= 4 is 22.6 Å². The van der Waals surface area contributed by atoms with E-state index < -0.39 is 0 Å². The van der Waals surface area contributed by atoms with E-state index in [1.807, 2.05) is 13.0 Å². The van der Waals surface area contributed by atoms with Crippen LogP contribution in [0.3, 0.4) is 0 Å². The van der Waals surface area contributed by atoms with Crippen LogP contribution < -0.4 is 0 Å². The molecule has 0 radical (unpaired) electrons. The maximum Gasteiger partial charge on any atom is 0.146 e. The molecule has 0 aromatic carbocycles. The van der Waals surface area contributed by atoms with Gasteiger partial charge in [-0.1, -0.05) is 6.08 Å². The molecule has 0 aromatic heterocycles. The number of hydrogen-bond donors (Lipinski definition) is 0. The van der Waals surface area contributed by atoms with Crippen molar-refractivity contribution in [2.24, 2.45) is 0 Å². The topological polar surface area (TPSA) is 9.23 Å². The lowest BCUT2D eigenvalue weighted by Crippen LogP contribution is -1.98. The average Bonchev–Trinajstić information content (AvgIpc) is 1.88. The first kappa shape index (κ1) is 8.11. The van der Waals surface area contributed by atoms with Crippen LogP contribution in [0.25, 0.3) is 0 Å². The minimum atomic E-state index is 0.270. The molecule has 0 aliphatic heterocycles. The highest BCUT2D eigenvalue weighted by atomic mass is 127. The van der Waals surface area contributed by atoms with Gasteiger partial charge in [-0.25, -0.2) is 0 Å². The second-order valence-electron chi connectivity index (χ2n) is 2.25. The van der Waals surface area contributed by atoms with E-state index in [1.165, 1.54) is 0 Å². The Morgan fingerprint density at radius 3 is 2.90 bits per heavy atom. The van der Waals surface area contributed by atoms with Gasteiger partial charge in [0.05, 0.1) is 0 Å². The van der Waals surface area contributed by atoms with Gasteiger partial charge in [-0.15, -0.1) is 0 Å². The van der Waals surface area contributed by atoms with Gasteiger partial charge in [0.1, 0.15) is 9.87 Å². The summed E-state index contributed by atoms with van der Waals surface area (Å²) in [5, 5.41) is 0. The van der Waals surface area contributed by atoms with Gasteiger partial charge in [0.15, 0.2) is 0 Å². The Bertz CT molecular complexity index is 159. The van der Waals surface area contributed by atoms with E-state index in [1.54, 1.807) is 0 Å². The molecule has 1 aliphatic carbocycles. The number of ether oxygens (including phenoxy) is 1. The van der Waals surface area contributed by atoms with Crippen LogP contribution >= 0.6 is 22.6 Å². The van der Waals surface area contributed by atoms with Crippen LogP contribution in [-0.4, -0.2) is 4.11 Å². The maximum atomic E-state index is 5.45. The van der Waals surface area contributed by atoms with Crippen LogP contribution in [0.5, 0.6) is 0 Å². The van der Waals surface area contributed by atoms with Crippen molar-refractivity contribution < 1.29 is 4.74 Å². The van der Waals surface area contributed by atoms with Crippen LogP contribution in [0.1, 0.15) is 19.8 Å². The van der Waals surface area contributed by atoms with E-state index in [0.29, 0.717) is 0 Å². The Hall–Kier alpha value is 0.0100. The number of rotatable bonds is 2. The Morgan fingerprint density at radius 1 is 1.60 bits per heavy atom. The van der Waals surface area contributed by atoms with E-state index in [0.717, 1.165) is 18.6 Å². The SMILES string of the molecule is CC(I)OC1=CCCC=C1. The predicted molar refractivity (Wildman–Crippen MR) is 51.0 cm³/mol. The molecule has 0 aromatic rings. The van der Waals surface area contributed by atoms with Gasteiger partial charge in [0.25, 0.3) is 0 Å². The highest BCUT2D eigenvalue weighted by Crippen LogP contribution is 2.14. The lowest BCUT2D eigenvalue weighted by atomic mass is 10.2. The predicted octanol–water partition coefficient (Wildman–Crippen LogP) is 3.02. The zero-order valence-electron chi connectivity index (χ0n) is 6.01. The molecule has 0 heterocycles. The van der Waals surface area contributed by atoms with Crippen molar-refractivity contribution in [1.29, 1.82) is 0 Å². The van der Waals surface area contributed by atoms with Crippen LogP contribution in [-0.2, 0) is 4.74 Å². The molecule has 1 unspecified atom stereocenters. The summed E-state index contributed by atoms with van der Waals surface area (Å²) >= 11 is 2.25. The summed E-state index contributed by atoms with van der Waals surface area (Å²) in [5.41, 5.74) is 0. The second kappa shape index (κ2) is 4.01. The molecule has 2 heteroatoms. The van der Waals surface area contributed by atoms with Gasteiger partial charge in [0, 0.05) is 0 Å². The van der Waals surface area contributed by atoms with Crippen LogP contribution in [0.15, 0.2) is 24.0 Å². The van der Waals surface area contributed by atoms with E-state index in [-0.39, 0.29) is 4.11 Å². The van der Waals surface area contributed by atoms with Gasteiger partial charge >= 0.3 is 0 Å². The van der Waals surface area contributed by atoms with E-state index in [9.17, 15) is 0 Å². The molecule has 0 spiro atoms. The first-order chi connectivity index (χ1) is 4.79. The standard InChI is InChI=1S/C8H11IO/c1-7(9)10-8-5-3-2-4-6-8/h3,5-7H,2,4H2,1H3. The molecule has 1 atom stereocenters. The zero-order valence-corrected chi connectivity index (χ0v) is 8.17. The first-order valence-electron chi connectivity index (χ1n) is 3.46. The molecular formula is C8H11IO. The van der Waals surface area contributed by atoms with Gasteiger partial charge in [-0.2, -0.15) is 0 Å². The summed E-state index contributed by atoms with van der Waals surface area (Å²) < 4.78 is 5.72. The third-order valence-corrected chi connectivity index (χ3v) is 1.51. The Labute approximate surface area is 75.3 Å². The molecule has 0 N–H and O–H groups in total. The van der Waals surface area contributed by atoms with Crippen molar-refractivity contribution in [2.45, 2.75) is 23.9 Å². The average molecular weight is 250 g/mol. The molecular weight excluding hydrogens is 239 g/mol. The van der Waals surface area contributed by atoms with E-state index >= 15 is 0 Å². The van der Waals surface area contributed by atoms with E-state index in [4.69, 9.17) is 4.74 Å². The summed E-state index contributed by atoms with van der Waals surface area (Å²) in [6.07, 6.45) is 8.60. The van der Waals surface area contributed by atoms with Crippen molar-refractivity contribution in [3.63, 3.8) is 0 Å².